The van der Waals surface area contributed by atoms with E-state index in [1.54, 1.807) is 0 Å². The summed E-state index contributed by atoms with van der Waals surface area (Å²) in [7, 11) is 2.17. The van der Waals surface area contributed by atoms with E-state index in [-0.39, 0.29) is 23.3 Å². The summed E-state index contributed by atoms with van der Waals surface area (Å²) in [4.78, 5) is 15.2. The molecular weight excluding hydrogens is 290 g/mol. The number of hydrogen-bond acceptors (Lipinski definition) is 4. The molecule has 5 heteroatoms. The van der Waals surface area contributed by atoms with E-state index in [1.165, 1.54) is 25.7 Å². The normalized spacial score (nSPS) is 36.6. The molecule has 3 N–H and O–H groups in total. The van der Waals surface area contributed by atoms with Gasteiger partial charge in [0.1, 0.15) is 5.54 Å². The van der Waals surface area contributed by atoms with Gasteiger partial charge in [-0.25, -0.2) is 0 Å². The van der Waals surface area contributed by atoms with E-state index < -0.39 is 5.54 Å². The van der Waals surface area contributed by atoms with Gasteiger partial charge in [-0.15, -0.1) is 0 Å². The molecule has 1 saturated heterocycles. The standard InChI is InChI=1S/C18H33N3O2/c1-17(2)15-14(9-6-12-23-15)18(17,19)16(22)20-10-11-21(3)13-7-4-5-8-13/h13-15H,4-12,19H2,1-3H3,(H,20,22). The summed E-state index contributed by atoms with van der Waals surface area (Å²) in [5.74, 6) is 0.174. The van der Waals surface area contributed by atoms with Crippen molar-refractivity contribution in [2.75, 3.05) is 26.7 Å². The predicted molar refractivity (Wildman–Crippen MR) is 91.1 cm³/mol. The maximum atomic E-state index is 12.8. The topological polar surface area (TPSA) is 67.6 Å². The van der Waals surface area contributed by atoms with E-state index in [1.807, 2.05) is 0 Å². The molecule has 5 nitrogen and oxygen atoms in total. The zero-order chi connectivity index (χ0) is 16.7. The zero-order valence-corrected chi connectivity index (χ0v) is 14.9. The minimum atomic E-state index is -0.788. The van der Waals surface area contributed by atoms with Crippen LogP contribution in [0, 0.1) is 11.3 Å². The third kappa shape index (κ3) is 2.71. The van der Waals surface area contributed by atoms with E-state index >= 15 is 0 Å². The molecule has 23 heavy (non-hydrogen) atoms. The largest absolute Gasteiger partial charge is 0.377 e. The van der Waals surface area contributed by atoms with Crippen LogP contribution in [0.5, 0.6) is 0 Å². The van der Waals surface area contributed by atoms with Crippen LogP contribution in [0.2, 0.25) is 0 Å². The molecule has 2 aliphatic carbocycles. The minimum absolute atomic E-state index is 0.00840. The molecule has 0 aromatic heterocycles. The van der Waals surface area contributed by atoms with E-state index in [9.17, 15) is 4.79 Å². The predicted octanol–water partition coefficient (Wildman–Crippen LogP) is 1.51. The lowest BCUT2D eigenvalue weighted by Crippen LogP contribution is -2.82. The summed E-state index contributed by atoms with van der Waals surface area (Å²) < 4.78 is 5.88. The van der Waals surface area contributed by atoms with Crippen molar-refractivity contribution in [2.24, 2.45) is 17.1 Å². The van der Waals surface area contributed by atoms with Crippen LogP contribution in [0.4, 0.5) is 0 Å². The van der Waals surface area contributed by atoms with Gasteiger partial charge in [-0.2, -0.15) is 0 Å². The average molecular weight is 323 g/mol. The Labute approximate surface area is 140 Å². The van der Waals surface area contributed by atoms with Crippen molar-refractivity contribution in [3.8, 4) is 0 Å². The fourth-order valence-corrected chi connectivity index (χ4v) is 5.06. The lowest BCUT2D eigenvalue weighted by Gasteiger charge is -2.65. The van der Waals surface area contributed by atoms with Crippen LogP contribution in [0.15, 0.2) is 0 Å². The van der Waals surface area contributed by atoms with E-state index in [2.05, 4.69) is 31.1 Å². The molecule has 2 saturated carbocycles. The molecule has 0 aromatic rings. The number of rotatable bonds is 5. The number of carbonyl (C=O) groups excluding carboxylic acids is 1. The first-order chi connectivity index (χ1) is 10.9. The van der Waals surface area contributed by atoms with Gasteiger partial charge in [-0.3, -0.25) is 4.79 Å². The summed E-state index contributed by atoms with van der Waals surface area (Å²) in [6, 6.07) is 0.690. The van der Waals surface area contributed by atoms with E-state index in [0.29, 0.717) is 12.6 Å². The quantitative estimate of drug-likeness (QED) is 0.805. The average Bonchev–Trinajstić information content (AvgIpc) is 3.08. The Kier molecular flexibility index (Phi) is 4.73. The Bertz CT molecular complexity index is 448. The number of amides is 1. The SMILES string of the molecule is CN(CCNC(=O)C1(N)C2CCCOC2C1(C)C)C1CCCC1. The van der Waals surface area contributed by atoms with E-state index in [0.717, 1.165) is 26.0 Å². The number of nitrogens with two attached hydrogens (primary N) is 1. The van der Waals surface area contributed by atoms with Crippen molar-refractivity contribution >= 4 is 5.91 Å². The van der Waals surface area contributed by atoms with Crippen LogP contribution in [0.1, 0.15) is 52.4 Å². The van der Waals surface area contributed by atoms with Crippen LogP contribution < -0.4 is 11.1 Å². The Balaban J connectivity index is 1.53. The Morgan fingerprint density at radius 2 is 1.96 bits per heavy atom. The lowest BCUT2D eigenvalue weighted by atomic mass is 9.46. The van der Waals surface area contributed by atoms with Crippen molar-refractivity contribution in [3.63, 3.8) is 0 Å². The van der Waals surface area contributed by atoms with Crippen molar-refractivity contribution in [1.29, 1.82) is 0 Å². The summed E-state index contributed by atoms with van der Waals surface area (Å²) in [6.45, 7) is 6.53. The van der Waals surface area contributed by atoms with Crippen LogP contribution >= 0.6 is 0 Å². The third-order valence-corrected chi connectivity index (χ3v) is 6.76. The molecule has 1 amide bonds. The van der Waals surface area contributed by atoms with Gasteiger partial charge in [-0.05, 0) is 32.7 Å². The number of nitrogens with one attached hydrogen (secondary N) is 1. The van der Waals surface area contributed by atoms with E-state index in [4.69, 9.17) is 10.5 Å². The molecule has 0 bridgehead atoms. The van der Waals surface area contributed by atoms with Gasteiger partial charge in [0.2, 0.25) is 5.91 Å². The Morgan fingerprint density at radius 3 is 2.65 bits per heavy atom. The molecule has 3 aliphatic rings. The molecule has 3 rings (SSSR count). The molecule has 0 spiro atoms. The lowest BCUT2D eigenvalue weighted by molar-refractivity contribution is -0.225. The fraction of sp³-hybridized carbons (Fsp3) is 0.944. The fourth-order valence-electron chi connectivity index (χ4n) is 5.06. The third-order valence-electron chi connectivity index (χ3n) is 6.76. The highest BCUT2D eigenvalue weighted by molar-refractivity contribution is 5.89. The maximum Gasteiger partial charge on any atom is 0.241 e. The van der Waals surface area contributed by atoms with Gasteiger partial charge in [0.25, 0.3) is 0 Å². The second kappa shape index (κ2) is 6.34. The number of hydrogen-bond donors (Lipinski definition) is 2. The van der Waals surface area contributed by atoms with Gasteiger partial charge >= 0.3 is 0 Å². The van der Waals surface area contributed by atoms with Gasteiger partial charge in [0.05, 0.1) is 6.10 Å². The first-order valence-electron chi connectivity index (χ1n) is 9.28. The smallest absolute Gasteiger partial charge is 0.241 e. The second-order valence-corrected chi connectivity index (χ2v) is 8.31. The highest BCUT2D eigenvalue weighted by Crippen LogP contribution is 2.57. The Morgan fingerprint density at radius 1 is 1.26 bits per heavy atom. The number of fused-ring (bicyclic) bond motifs is 1. The van der Waals surface area contributed by atoms with Crippen molar-refractivity contribution in [2.45, 2.75) is 70.1 Å². The molecule has 0 radical (unpaired) electrons. The first kappa shape index (κ1) is 17.2. The molecule has 0 aromatic carbocycles. The summed E-state index contributed by atoms with van der Waals surface area (Å²) in [5.41, 5.74) is 5.53. The van der Waals surface area contributed by atoms with Gasteiger partial charge in [0.15, 0.2) is 0 Å². The number of carbonyl (C=O) groups is 1. The van der Waals surface area contributed by atoms with Crippen LogP contribution in [-0.2, 0) is 9.53 Å². The molecule has 3 fully saturated rings. The Hall–Kier alpha value is -0.650. The number of likely N-dealkylation sites (N-methyl/N-ethyl adjacent to an activating group) is 1. The number of ether oxygens (including phenoxy) is 1. The van der Waals surface area contributed by atoms with Crippen molar-refractivity contribution in [3.05, 3.63) is 0 Å². The molecule has 3 unspecified atom stereocenters. The molecule has 132 valence electrons. The first-order valence-corrected chi connectivity index (χ1v) is 9.28. The monoisotopic (exact) mass is 323 g/mol. The van der Waals surface area contributed by atoms with Crippen molar-refractivity contribution < 1.29 is 9.53 Å². The van der Waals surface area contributed by atoms with Gasteiger partial charge in [-0.1, -0.05) is 26.7 Å². The zero-order valence-electron chi connectivity index (χ0n) is 14.9. The molecule has 1 aliphatic heterocycles. The summed E-state index contributed by atoms with van der Waals surface area (Å²) >= 11 is 0. The second-order valence-electron chi connectivity index (χ2n) is 8.31. The minimum Gasteiger partial charge on any atom is -0.377 e. The molecule has 1 heterocycles. The summed E-state index contributed by atoms with van der Waals surface area (Å²) in [6.07, 6.45) is 7.40. The highest BCUT2D eigenvalue weighted by Gasteiger charge is 2.70. The maximum absolute atomic E-state index is 12.8. The van der Waals surface area contributed by atoms with Crippen LogP contribution in [0.3, 0.4) is 0 Å². The van der Waals surface area contributed by atoms with Gasteiger partial charge < -0.3 is 20.7 Å². The van der Waals surface area contributed by atoms with Crippen molar-refractivity contribution in [1.82, 2.24) is 10.2 Å². The summed E-state index contributed by atoms with van der Waals surface area (Å²) in [5, 5.41) is 3.11. The highest BCUT2D eigenvalue weighted by atomic mass is 16.5. The van der Waals surface area contributed by atoms with Crippen LogP contribution in [-0.4, -0.2) is 55.2 Å². The number of nitrogens with zero attached hydrogens (tertiary/aromatic N) is 1. The molecular formula is C18H33N3O2. The van der Waals surface area contributed by atoms with Gasteiger partial charge in [0, 0.05) is 37.1 Å². The van der Waals surface area contributed by atoms with Crippen LogP contribution in [0.25, 0.3) is 0 Å². The molecule has 3 atom stereocenters.